The van der Waals surface area contributed by atoms with Crippen LogP contribution in [0.5, 0.6) is 0 Å². The first-order valence-electron chi connectivity index (χ1n) is 4.07. The monoisotopic (exact) mass is 141 g/mol. The molecule has 0 amide bonds. The highest BCUT2D eigenvalue weighted by Crippen LogP contribution is 2.55. The van der Waals surface area contributed by atoms with E-state index in [2.05, 4.69) is 5.32 Å². The summed E-state index contributed by atoms with van der Waals surface area (Å²) in [6.07, 6.45) is 2.76. The summed E-state index contributed by atoms with van der Waals surface area (Å²) in [7, 11) is 1.80. The topological polar surface area (TPSA) is 21.3 Å². The number of hydrogen-bond donors (Lipinski definition) is 1. The van der Waals surface area contributed by atoms with Crippen LogP contribution in [0.25, 0.3) is 0 Å². The van der Waals surface area contributed by atoms with E-state index < -0.39 is 0 Å². The van der Waals surface area contributed by atoms with Gasteiger partial charge >= 0.3 is 0 Å². The molecule has 2 fully saturated rings. The Morgan fingerprint density at radius 2 is 2.60 bits per heavy atom. The van der Waals surface area contributed by atoms with Crippen molar-refractivity contribution in [2.24, 2.45) is 11.3 Å². The van der Waals surface area contributed by atoms with E-state index in [1.807, 2.05) is 0 Å². The zero-order valence-corrected chi connectivity index (χ0v) is 6.52. The summed E-state index contributed by atoms with van der Waals surface area (Å²) in [5.41, 5.74) is 0.562. The second-order valence-corrected chi connectivity index (χ2v) is 3.66. The fourth-order valence-electron chi connectivity index (χ4n) is 2.19. The summed E-state index contributed by atoms with van der Waals surface area (Å²) in [6, 6.07) is 0. The molecule has 58 valence electrons. The molecule has 1 saturated carbocycles. The molecule has 2 aliphatic rings. The number of fused-ring (bicyclic) bond motifs is 1. The summed E-state index contributed by atoms with van der Waals surface area (Å²) in [6.45, 7) is 3.37. The second kappa shape index (κ2) is 2.21. The van der Waals surface area contributed by atoms with Crippen LogP contribution in [0, 0.1) is 11.3 Å². The zero-order valence-electron chi connectivity index (χ0n) is 6.52. The van der Waals surface area contributed by atoms with Gasteiger partial charge in [0.15, 0.2) is 0 Å². The molecular weight excluding hydrogens is 126 g/mol. The Bertz CT molecular complexity index is 133. The third-order valence-corrected chi connectivity index (χ3v) is 2.94. The summed E-state index contributed by atoms with van der Waals surface area (Å²) in [4.78, 5) is 0. The standard InChI is InChI=1S/C8H15NO/c1-10-6-8-4-7(8)2-3-9-5-8/h7,9H,2-6H2,1H3. The Kier molecular flexibility index (Phi) is 1.46. The molecule has 1 saturated heterocycles. The first kappa shape index (κ1) is 6.62. The summed E-state index contributed by atoms with van der Waals surface area (Å²) in [5.74, 6) is 0.980. The van der Waals surface area contributed by atoms with Gasteiger partial charge in [0, 0.05) is 19.1 Å². The molecule has 1 aliphatic heterocycles. The maximum absolute atomic E-state index is 5.19. The van der Waals surface area contributed by atoms with Crippen LogP contribution in [0.1, 0.15) is 12.8 Å². The fraction of sp³-hybridized carbons (Fsp3) is 1.00. The summed E-state index contributed by atoms with van der Waals surface area (Å²) < 4.78 is 5.19. The SMILES string of the molecule is COCC12CNCCC1C2. The molecule has 1 N–H and O–H groups in total. The molecule has 2 heteroatoms. The first-order chi connectivity index (χ1) is 4.87. The molecule has 0 aromatic rings. The Balaban J connectivity index is 1.92. The van der Waals surface area contributed by atoms with Gasteiger partial charge in [0.05, 0.1) is 6.61 Å². The first-order valence-corrected chi connectivity index (χ1v) is 4.07. The second-order valence-electron chi connectivity index (χ2n) is 3.66. The molecule has 0 aromatic heterocycles. The van der Waals surface area contributed by atoms with Crippen molar-refractivity contribution in [3.8, 4) is 0 Å². The van der Waals surface area contributed by atoms with Gasteiger partial charge in [0.2, 0.25) is 0 Å². The van der Waals surface area contributed by atoms with Crippen LogP contribution < -0.4 is 5.32 Å². The van der Waals surface area contributed by atoms with Crippen molar-refractivity contribution in [1.82, 2.24) is 5.32 Å². The zero-order chi connectivity index (χ0) is 7.03. The minimum atomic E-state index is 0.562. The molecule has 0 radical (unpaired) electrons. The Morgan fingerprint density at radius 3 is 3.30 bits per heavy atom. The Labute approximate surface area is 61.9 Å². The van der Waals surface area contributed by atoms with Crippen LogP contribution >= 0.6 is 0 Å². The van der Waals surface area contributed by atoms with Crippen LogP contribution in [0.4, 0.5) is 0 Å². The highest BCUT2D eigenvalue weighted by molar-refractivity contribution is 5.06. The van der Waals surface area contributed by atoms with Crippen LogP contribution in [-0.2, 0) is 4.74 Å². The van der Waals surface area contributed by atoms with E-state index in [0.29, 0.717) is 5.41 Å². The molecular formula is C8H15NO. The van der Waals surface area contributed by atoms with Gasteiger partial charge in [-0.2, -0.15) is 0 Å². The van der Waals surface area contributed by atoms with E-state index >= 15 is 0 Å². The summed E-state index contributed by atoms with van der Waals surface area (Å²) in [5, 5.41) is 3.42. The molecule has 0 bridgehead atoms. The maximum Gasteiger partial charge on any atom is 0.0533 e. The van der Waals surface area contributed by atoms with Crippen molar-refractivity contribution in [2.75, 3.05) is 26.8 Å². The van der Waals surface area contributed by atoms with Crippen LogP contribution in [0.3, 0.4) is 0 Å². The van der Waals surface area contributed by atoms with Gasteiger partial charge in [-0.3, -0.25) is 0 Å². The number of rotatable bonds is 2. The molecule has 1 heterocycles. The van der Waals surface area contributed by atoms with Crippen molar-refractivity contribution in [1.29, 1.82) is 0 Å². The minimum absolute atomic E-state index is 0.562. The number of hydrogen-bond acceptors (Lipinski definition) is 2. The van der Waals surface area contributed by atoms with Crippen LogP contribution in [0.2, 0.25) is 0 Å². The lowest BCUT2D eigenvalue weighted by Gasteiger charge is -2.21. The molecule has 0 spiro atoms. The lowest BCUT2D eigenvalue weighted by atomic mass is 10.0. The van der Waals surface area contributed by atoms with Gasteiger partial charge in [-0.15, -0.1) is 0 Å². The quantitative estimate of drug-likeness (QED) is 0.609. The number of piperidine rings is 1. The highest BCUT2D eigenvalue weighted by Gasteiger charge is 2.54. The van der Waals surface area contributed by atoms with E-state index in [-0.39, 0.29) is 0 Å². The molecule has 2 nitrogen and oxygen atoms in total. The highest BCUT2D eigenvalue weighted by atomic mass is 16.5. The van der Waals surface area contributed by atoms with E-state index in [9.17, 15) is 0 Å². The van der Waals surface area contributed by atoms with Gasteiger partial charge < -0.3 is 10.1 Å². The fourth-order valence-corrected chi connectivity index (χ4v) is 2.19. The van der Waals surface area contributed by atoms with Crippen LogP contribution in [-0.4, -0.2) is 26.8 Å². The minimum Gasteiger partial charge on any atom is -0.384 e. The van der Waals surface area contributed by atoms with E-state index in [1.54, 1.807) is 7.11 Å². The van der Waals surface area contributed by atoms with Crippen molar-refractivity contribution in [2.45, 2.75) is 12.8 Å². The molecule has 0 aromatic carbocycles. The van der Waals surface area contributed by atoms with Gasteiger partial charge in [0.1, 0.15) is 0 Å². The molecule has 2 rings (SSSR count). The van der Waals surface area contributed by atoms with Gasteiger partial charge in [0.25, 0.3) is 0 Å². The largest absolute Gasteiger partial charge is 0.384 e. The number of ether oxygens (including phenoxy) is 1. The summed E-state index contributed by atoms with van der Waals surface area (Å²) >= 11 is 0. The van der Waals surface area contributed by atoms with Gasteiger partial charge in [-0.1, -0.05) is 0 Å². The number of nitrogens with one attached hydrogen (secondary N) is 1. The lowest BCUT2D eigenvalue weighted by Crippen LogP contribution is -2.34. The molecule has 2 unspecified atom stereocenters. The predicted molar refractivity (Wildman–Crippen MR) is 39.9 cm³/mol. The normalized spacial score (nSPS) is 44.7. The molecule has 1 aliphatic carbocycles. The van der Waals surface area contributed by atoms with E-state index in [0.717, 1.165) is 12.5 Å². The third kappa shape index (κ3) is 0.867. The van der Waals surface area contributed by atoms with Crippen molar-refractivity contribution < 1.29 is 4.74 Å². The van der Waals surface area contributed by atoms with Crippen molar-refractivity contribution in [3.63, 3.8) is 0 Å². The molecule has 10 heavy (non-hydrogen) atoms. The van der Waals surface area contributed by atoms with Gasteiger partial charge in [-0.25, -0.2) is 0 Å². The molecule has 2 atom stereocenters. The lowest BCUT2D eigenvalue weighted by molar-refractivity contribution is 0.123. The van der Waals surface area contributed by atoms with E-state index in [4.69, 9.17) is 4.74 Å². The van der Waals surface area contributed by atoms with E-state index in [1.165, 1.54) is 25.9 Å². The predicted octanol–water partition coefficient (Wildman–Crippen LogP) is 0.632. The Morgan fingerprint density at radius 1 is 1.70 bits per heavy atom. The smallest absolute Gasteiger partial charge is 0.0533 e. The van der Waals surface area contributed by atoms with Crippen molar-refractivity contribution >= 4 is 0 Å². The van der Waals surface area contributed by atoms with Crippen molar-refractivity contribution in [3.05, 3.63) is 0 Å². The average molecular weight is 141 g/mol. The maximum atomic E-state index is 5.19. The van der Waals surface area contributed by atoms with Gasteiger partial charge in [-0.05, 0) is 25.3 Å². The average Bonchev–Trinajstić information content (AvgIpc) is 2.62. The Hall–Kier alpha value is -0.0800. The van der Waals surface area contributed by atoms with Crippen LogP contribution in [0.15, 0.2) is 0 Å². The third-order valence-electron chi connectivity index (χ3n) is 2.94. The number of methoxy groups -OCH3 is 1.